The molecule has 182 valence electrons. The van der Waals surface area contributed by atoms with Crippen LogP contribution in [0, 0.1) is 23.7 Å². The van der Waals surface area contributed by atoms with Crippen molar-refractivity contribution in [3.05, 3.63) is 29.8 Å². The van der Waals surface area contributed by atoms with Gasteiger partial charge >= 0.3 is 0 Å². The van der Waals surface area contributed by atoms with Crippen molar-refractivity contribution < 1.29 is 4.74 Å². The van der Waals surface area contributed by atoms with Crippen LogP contribution in [0.3, 0.4) is 0 Å². The van der Waals surface area contributed by atoms with Crippen LogP contribution in [-0.2, 0) is 6.42 Å². The average Bonchev–Trinajstić information content (AvgIpc) is 2.83. The van der Waals surface area contributed by atoms with Crippen molar-refractivity contribution in [3.8, 4) is 5.75 Å². The molecular formula is C31H52O. The second kappa shape index (κ2) is 15.0. The van der Waals surface area contributed by atoms with Gasteiger partial charge < -0.3 is 4.74 Å². The van der Waals surface area contributed by atoms with E-state index in [9.17, 15) is 0 Å². The summed E-state index contributed by atoms with van der Waals surface area (Å²) in [7, 11) is 0. The number of ether oxygens (including phenoxy) is 1. The number of unbranched alkanes of at least 4 members (excludes halogenated alkanes) is 4. The molecule has 1 aromatic rings. The van der Waals surface area contributed by atoms with Crippen LogP contribution in [0.25, 0.3) is 0 Å². The molecule has 0 atom stereocenters. The molecule has 32 heavy (non-hydrogen) atoms. The Labute approximate surface area is 200 Å². The first kappa shape index (κ1) is 25.6. The molecule has 0 unspecified atom stereocenters. The van der Waals surface area contributed by atoms with Gasteiger partial charge in [0, 0.05) is 0 Å². The van der Waals surface area contributed by atoms with Gasteiger partial charge in [-0.1, -0.05) is 116 Å². The standard InChI is InChI=1S/C31H52O/c1-3-4-5-6-7-9-27-15-17-29(18-16-27)19-20-30-21-23-31(24-22-30)32-25-8-10-28-13-11-26(2)12-14-28/h21-24,26-29H,3-20,25H2,1-2H3/t26-,27-,28-,29-. The molecule has 1 nitrogen and oxygen atoms in total. The molecular weight excluding hydrogens is 388 g/mol. The summed E-state index contributed by atoms with van der Waals surface area (Å²) in [5, 5.41) is 0. The fraction of sp³-hybridized carbons (Fsp3) is 0.806. The quantitative estimate of drug-likeness (QED) is 0.261. The molecule has 2 saturated carbocycles. The van der Waals surface area contributed by atoms with Crippen LogP contribution in [0.1, 0.15) is 129 Å². The third-order valence-corrected chi connectivity index (χ3v) is 8.61. The van der Waals surface area contributed by atoms with E-state index in [2.05, 4.69) is 38.1 Å². The summed E-state index contributed by atoms with van der Waals surface area (Å²) in [5.74, 6) is 4.97. The highest BCUT2D eigenvalue weighted by atomic mass is 16.5. The van der Waals surface area contributed by atoms with Gasteiger partial charge in [-0.2, -0.15) is 0 Å². The highest BCUT2D eigenvalue weighted by Gasteiger charge is 2.21. The molecule has 0 radical (unpaired) electrons. The van der Waals surface area contributed by atoms with E-state index in [1.165, 1.54) is 121 Å². The topological polar surface area (TPSA) is 9.23 Å². The van der Waals surface area contributed by atoms with Gasteiger partial charge in [-0.25, -0.2) is 0 Å². The Kier molecular flexibility index (Phi) is 12.0. The van der Waals surface area contributed by atoms with E-state index in [4.69, 9.17) is 4.74 Å². The smallest absolute Gasteiger partial charge is 0.119 e. The average molecular weight is 441 g/mol. The third-order valence-electron chi connectivity index (χ3n) is 8.61. The molecule has 0 N–H and O–H groups in total. The minimum atomic E-state index is 0.882. The normalized spacial score (nSPS) is 26.2. The zero-order valence-corrected chi connectivity index (χ0v) is 21.5. The number of hydrogen-bond donors (Lipinski definition) is 0. The van der Waals surface area contributed by atoms with Gasteiger partial charge in [-0.3, -0.25) is 0 Å². The fourth-order valence-electron chi connectivity index (χ4n) is 6.15. The van der Waals surface area contributed by atoms with Gasteiger partial charge in [0.05, 0.1) is 6.61 Å². The van der Waals surface area contributed by atoms with Gasteiger partial charge in [0.2, 0.25) is 0 Å². The van der Waals surface area contributed by atoms with Gasteiger partial charge in [0.1, 0.15) is 5.75 Å². The maximum absolute atomic E-state index is 6.03. The Morgan fingerprint density at radius 3 is 1.88 bits per heavy atom. The summed E-state index contributed by atoms with van der Waals surface area (Å²) in [5.41, 5.74) is 1.49. The van der Waals surface area contributed by atoms with Crippen molar-refractivity contribution in [1.29, 1.82) is 0 Å². The summed E-state index contributed by atoms with van der Waals surface area (Å²) in [6.45, 7) is 5.60. The van der Waals surface area contributed by atoms with Crippen LogP contribution in [0.2, 0.25) is 0 Å². The van der Waals surface area contributed by atoms with Crippen molar-refractivity contribution in [2.75, 3.05) is 6.61 Å². The largest absolute Gasteiger partial charge is 0.494 e. The molecule has 1 aromatic carbocycles. The molecule has 0 heterocycles. The van der Waals surface area contributed by atoms with Crippen LogP contribution in [0.5, 0.6) is 5.75 Å². The van der Waals surface area contributed by atoms with E-state index in [0.29, 0.717) is 0 Å². The zero-order chi connectivity index (χ0) is 22.4. The molecule has 2 aliphatic carbocycles. The van der Waals surface area contributed by atoms with Crippen molar-refractivity contribution in [3.63, 3.8) is 0 Å². The number of aryl methyl sites for hydroxylation is 1. The minimum absolute atomic E-state index is 0.882. The zero-order valence-electron chi connectivity index (χ0n) is 21.5. The maximum atomic E-state index is 6.03. The van der Waals surface area contributed by atoms with Crippen LogP contribution in [0.4, 0.5) is 0 Å². The Morgan fingerprint density at radius 2 is 1.22 bits per heavy atom. The lowest BCUT2D eigenvalue weighted by Crippen LogP contribution is -2.15. The maximum Gasteiger partial charge on any atom is 0.119 e. The molecule has 2 aliphatic rings. The predicted octanol–water partition coefficient (Wildman–Crippen LogP) is 9.77. The molecule has 0 saturated heterocycles. The minimum Gasteiger partial charge on any atom is -0.494 e. The van der Waals surface area contributed by atoms with Crippen LogP contribution in [-0.4, -0.2) is 6.61 Å². The Balaban J connectivity index is 1.22. The first-order valence-electron chi connectivity index (χ1n) is 14.4. The summed E-state index contributed by atoms with van der Waals surface area (Å²) in [6, 6.07) is 9.01. The monoisotopic (exact) mass is 440 g/mol. The molecule has 2 fully saturated rings. The van der Waals surface area contributed by atoms with Gasteiger partial charge in [-0.15, -0.1) is 0 Å². The van der Waals surface area contributed by atoms with E-state index in [1.54, 1.807) is 0 Å². The molecule has 0 aromatic heterocycles. The molecule has 0 amide bonds. The number of rotatable bonds is 14. The summed E-state index contributed by atoms with van der Waals surface area (Å²) >= 11 is 0. The second-order valence-corrected chi connectivity index (χ2v) is 11.4. The van der Waals surface area contributed by atoms with Crippen molar-refractivity contribution in [2.45, 2.75) is 129 Å². The van der Waals surface area contributed by atoms with E-state index < -0.39 is 0 Å². The Morgan fingerprint density at radius 1 is 0.656 bits per heavy atom. The molecule has 0 bridgehead atoms. The summed E-state index contributed by atoms with van der Waals surface area (Å²) < 4.78 is 6.03. The van der Waals surface area contributed by atoms with E-state index in [1.807, 2.05) is 0 Å². The lowest BCUT2D eigenvalue weighted by molar-refractivity contribution is 0.244. The van der Waals surface area contributed by atoms with Crippen LogP contribution >= 0.6 is 0 Å². The van der Waals surface area contributed by atoms with Crippen LogP contribution in [0.15, 0.2) is 24.3 Å². The lowest BCUT2D eigenvalue weighted by Gasteiger charge is -2.28. The molecule has 0 spiro atoms. The SMILES string of the molecule is CCCCCCC[C@H]1CC[C@H](CCc2ccc(OCCC[C@H]3CC[C@H](C)CC3)cc2)CC1. The molecule has 1 heteroatoms. The van der Waals surface area contributed by atoms with Crippen molar-refractivity contribution in [2.24, 2.45) is 23.7 Å². The second-order valence-electron chi connectivity index (χ2n) is 11.4. The summed E-state index contributed by atoms with van der Waals surface area (Å²) in [6.07, 6.45) is 25.6. The number of hydrogen-bond acceptors (Lipinski definition) is 1. The molecule has 0 aliphatic heterocycles. The van der Waals surface area contributed by atoms with E-state index >= 15 is 0 Å². The van der Waals surface area contributed by atoms with Crippen molar-refractivity contribution >= 4 is 0 Å². The predicted molar refractivity (Wildman–Crippen MR) is 139 cm³/mol. The van der Waals surface area contributed by atoms with Gasteiger partial charge in [0.15, 0.2) is 0 Å². The molecule has 3 rings (SSSR count). The van der Waals surface area contributed by atoms with Gasteiger partial charge in [-0.05, 0) is 67.1 Å². The summed E-state index contributed by atoms with van der Waals surface area (Å²) in [4.78, 5) is 0. The van der Waals surface area contributed by atoms with Crippen LogP contribution < -0.4 is 4.74 Å². The van der Waals surface area contributed by atoms with Crippen molar-refractivity contribution in [1.82, 2.24) is 0 Å². The fourth-order valence-corrected chi connectivity index (χ4v) is 6.15. The first-order valence-corrected chi connectivity index (χ1v) is 14.4. The third kappa shape index (κ3) is 9.88. The van der Waals surface area contributed by atoms with Gasteiger partial charge in [0.25, 0.3) is 0 Å². The first-order chi connectivity index (χ1) is 15.7. The Hall–Kier alpha value is -0.980. The van der Waals surface area contributed by atoms with E-state index in [-0.39, 0.29) is 0 Å². The number of benzene rings is 1. The highest BCUT2D eigenvalue weighted by molar-refractivity contribution is 5.27. The Bertz CT molecular complexity index is 575. The highest BCUT2D eigenvalue weighted by Crippen LogP contribution is 2.34. The lowest BCUT2D eigenvalue weighted by atomic mass is 9.78. The van der Waals surface area contributed by atoms with E-state index in [0.717, 1.165) is 36.0 Å².